The fraction of sp³-hybridized carbons (Fsp3) is 0.435. The van der Waals surface area contributed by atoms with E-state index >= 15 is 0 Å². The van der Waals surface area contributed by atoms with Crippen LogP contribution in [0.4, 0.5) is 0 Å². The highest BCUT2D eigenvalue weighted by Crippen LogP contribution is 2.33. The van der Waals surface area contributed by atoms with Crippen LogP contribution >= 0.6 is 0 Å². The first-order chi connectivity index (χ1) is 14.4. The number of rotatable bonds is 6. The van der Waals surface area contributed by atoms with E-state index < -0.39 is 10.0 Å². The molecule has 1 N–H and O–H groups in total. The molecule has 2 aliphatic rings. The summed E-state index contributed by atoms with van der Waals surface area (Å²) in [6, 6.07) is 14.6. The molecule has 0 bridgehead atoms. The fourth-order valence-electron chi connectivity index (χ4n) is 4.20. The molecule has 0 spiro atoms. The Labute approximate surface area is 178 Å². The fourth-order valence-corrected chi connectivity index (χ4v) is 5.31. The standard InChI is InChI=1S/C23H28N2O4S/c1-17-9-11-18(12-10-17)22-8-3-13-25(22)23(26)19-5-2-7-21(15-19)30(27,28)24-16-20-6-4-14-29-20/h2,5,7,9-12,15,20,22,24H,3-4,6,8,13-14,16H2,1H3. The minimum absolute atomic E-state index is 0.0241. The molecule has 4 rings (SSSR count). The highest BCUT2D eigenvalue weighted by atomic mass is 32.2. The van der Waals surface area contributed by atoms with Gasteiger partial charge in [0.25, 0.3) is 5.91 Å². The van der Waals surface area contributed by atoms with E-state index in [1.165, 1.54) is 17.7 Å². The van der Waals surface area contributed by atoms with E-state index in [4.69, 9.17) is 4.74 Å². The monoisotopic (exact) mass is 428 g/mol. The topological polar surface area (TPSA) is 75.7 Å². The van der Waals surface area contributed by atoms with Crippen LogP contribution in [0.2, 0.25) is 0 Å². The predicted molar refractivity (Wildman–Crippen MR) is 115 cm³/mol. The zero-order valence-corrected chi connectivity index (χ0v) is 18.0. The average Bonchev–Trinajstić information content (AvgIpc) is 3.45. The summed E-state index contributed by atoms with van der Waals surface area (Å²) in [5, 5.41) is 0. The van der Waals surface area contributed by atoms with Gasteiger partial charge in [-0.25, -0.2) is 13.1 Å². The lowest BCUT2D eigenvalue weighted by Gasteiger charge is -2.25. The Hall–Kier alpha value is -2.22. The van der Waals surface area contributed by atoms with Crippen LogP contribution in [0.25, 0.3) is 0 Å². The normalized spacial score (nSPS) is 21.8. The van der Waals surface area contributed by atoms with Crippen LogP contribution in [0.15, 0.2) is 53.4 Å². The molecule has 1 amide bonds. The van der Waals surface area contributed by atoms with Gasteiger partial charge < -0.3 is 9.64 Å². The Kier molecular flexibility index (Phi) is 6.22. The summed E-state index contributed by atoms with van der Waals surface area (Å²) < 4.78 is 33.5. The smallest absolute Gasteiger partial charge is 0.254 e. The van der Waals surface area contributed by atoms with Crippen LogP contribution in [-0.2, 0) is 14.8 Å². The molecule has 0 radical (unpaired) electrons. The third kappa shape index (κ3) is 4.58. The molecule has 2 unspecified atom stereocenters. The van der Waals surface area contributed by atoms with Crippen molar-refractivity contribution in [3.8, 4) is 0 Å². The third-order valence-corrected chi connectivity index (χ3v) is 7.31. The quantitative estimate of drug-likeness (QED) is 0.765. The lowest BCUT2D eigenvalue weighted by atomic mass is 10.0. The van der Waals surface area contributed by atoms with Crippen molar-refractivity contribution in [1.29, 1.82) is 0 Å². The zero-order valence-electron chi connectivity index (χ0n) is 17.2. The van der Waals surface area contributed by atoms with E-state index in [0.29, 0.717) is 18.7 Å². The van der Waals surface area contributed by atoms with E-state index in [2.05, 4.69) is 29.0 Å². The molecule has 30 heavy (non-hydrogen) atoms. The number of carbonyl (C=O) groups excluding carboxylic acids is 1. The van der Waals surface area contributed by atoms with Gasteiger partial charge in [-0.1, -0.05) is 35.9 Å². The van der Waals surface area contributed by atoms with Crippen LogP contribution in [0.3, 0.4) is 0 Å². The molecule has 2 aliphatic heterocycles. The molecule has 2 saturated heterocycles. The SMILES string of the molecule is Cc1ccc(C2CCCN2C(=O)c2cccc(S(=O)(=O)NCC3CCCO3)c2)cc1. The highest BCUT2D eigenvalue weighted by Gasteiger charge is 2.31. The molecule has 0 aromatic heterocycles. The van der Waals surface area contributed by atoms with Crippen LogP contribution in [-0.4, -0.2) is 45.0 Å². The first-order valence-electron chi connectivity index (χ1n) is 10.5. The van der Waals surface area contributed by atoms with Crippen LogP contribution < -0.4 is 4.72 Å². The summed E-state index contributed by atoms with van der Waals surface area (Å²) in [6.07, 6.45) is 3.58. The summed E-state index contributed by atoms with van der Waals surface area (Å²) in [4.78, 5) is 15.2. The van der Waals surface area contributed by atoms with Crippen molar-refractivity contribution in [3.05, 3.63) is 65.2 Å². The highest BCUT2D eigenvalue weighted by molar-refractivity contribution is 7.89. The maximum absolute atomic E-state index is 13.2. The Morgan fingerprint density at radius 2 is 1.93 bits per heavy atom. The summed E-state index contributed by atoms with van der Waals surface area (Å²) in [5.74, 6) is -0.130. The Morgan fingerprint density at radius 1 is 1.13 bits per heavy atom. The number of hydrogen-bond donors (Lipinski definition) is 1. The van der Waals surface area contributed by atoms with E-state index in [1.807, 2.05) is 11.8 Å². The molecule has 160 valence electrons. The lowest BCUT2D eigenvalue weighted by Crippen LogP contribution is -2.32. The summed E-state index contributed by atoms with van der Waals surface area (Å²) in [6.45, 7) is 3.64. The minimum Gasteiger partial charge on any atom is -0.377 e. The molecule has 2 aromatic rings. The second kappa shape index (κ2) is 8.88. The molecule has 0 saturated carbocycles. The van der Waals surface area contributed by atoms with Gasteiger partial charge in [-0.15, -0.1) is 0 Å². The lowest BCUT2D eigenvalue weighted by molar-refractivity contribution is 0.0735. The number of sulfonamides is 1. The molecule has 2 atom stereocenters. The van der Waals surface area contributed by atoms with E-state index in [0.717, 1.165) is 31.2 Å². The molecular formula is C23H28N2O4S. The number of amides is 1. The van der Waals surface area contributed by atoms with Gasteiger partial charge in [0.15, 0.2) is 0 Å². The Bertz CT molecular complexity index is 998. The molecule has 2 heterocycles. The van der Waals surface area contributed by atoms with Crippen molar-refractivity contribution in [2.45, 2.75) is 49.6 Å². The molecule has 0 aliphatic carbocycles. The van der Waals surface area contributed by atoms with Crippen molar-refractivity contribution >= 4 is 15.9 Å². The minimum atomic E-state index is -3.70. The number of nitrogens with one attached hydrogen (secondary N) is 1. The molecule has 7 heteroatoms. The van der Waals surface area contributed by atoms with Crippen molar-refractivity contribution in [1.82, 2.24) is 9.62 Å². The number of benzene rings is 2. The van der Waals surface area contributed by atoms with E-state index in [9.17, 15) is 13.2 Å². The van der Waals surface area contributed by atoms with Crippen molar-refractivity contribution < 1.29 is 17.9 Å². The van der Waals surface area contributed by atoms with Gasteiger partial charge in [0.1, 0.15) is 0 Å². The first-order valence-corrected chi connectivity index (χ1v) is 12.0. The number of nitrogens with zero attached hydrogens (tertiary/aromatic N) is 1. The van der Waals surface area contributed by atoms with Gasteiger partial charge >= 0.3 is 0 Å². The number of hydrogen-bond acceptors (Lipinski definition) is 4. The van der Waals surface area contributed by atoms with Crippen LogP contribution in [0, 0.1) is 6.92 Å². The van der Waals surface area contributed by atoms with Gasteiger partial charge in [-0.2, -0.15) is 0 Å². The maximum atomic E-state index is 13.2. The Morgan fingerprint density at radius 3 is 2.67 bits per heavy atom. The van der Waals surface area contributed by atoms with Crippen molar-refractivity contribution in [3.63, 3.8) is 0 Å². The average molecular weight is 429 g/mol. The van der Waals surface area contributed by atoms with Gasteiger partial charge in [0, 0.05) is 25.3 Å². The van der Waals surface area contributed by atoms with Crippen LogP contribution in [0.5, 0.6) is 0 Å². The number of likely N-dealkylation sites (tertiary alicyclic amines) is 1. The van der Waals surface area contributed by atoms with E-state index in [-0.39, 0.29) is 29.5 Å². The molecule has 2 aromatic carbocycles. The van der Waals surface area contributed by atoms with Gasteiger partial charge in [0.05, 0.1) is 17.0 Å². The maximum Gasteiger partial charge on any atom is 0.254 e. The predicted octanol–water partition coefficient (Wildman–Crippen LogP) is 3.43. The van der Waals surface area contributed by atoms with Gasteiger partial charge in [-0.3, -0.25) is 4.79 Å². The Balaban J connectivity index is 1.51. The largest absolute Gasteiger partial charge is 0.377 e. The summed E-state index contributed by atoms with van der Waals surface area (Å²) in [7, 11) is -3.70. The van der Waals surface area contributed by atoms with Gasteiger partial charge in [0.2, 0.25) is 10.0 Å². The van der Waals surface area contributed by atoms with Crippen molar-refractivity contribution in [2.75, 3.05) is 19.7 Å². The number of carbonyl (C=O) groups is 1. The van der Waals surface area contributed by atoms with Crippen molar-refractivity contribution in [2.24, 2.45) is 0 Å². The zero-order chi connectivity index (χ0) is 21.1. The molecule has 2 fully saturated rings. The third-order valence-electron chi connectivity index (χ3n) is 5.89. The first kappa shape index (κ1) is 21.0. The number of ether oxygens (including phenoxy) is 1. The summed E-state index contributed by atoms with van der Waals surface area (Å²) in [5.41, 5.74) is 2.70. The van der Waals surface area contributed by atoms with Crippen LogP contribution in [0.1, 0.15) is 53.2 Å². The van der Waals surface area contributed by atoms with E-state index in [1.54, 1.807) is 12.1 Å². The molecular weight excluding hydrogens is 400 g/mol. The molecule has 6 nitrogen and oxygen atoms in total. The summed E-state index contributed by atoms with van der Waals surface area (Å²) >= 11 is 0. The second-order valence-corrected chi connectivity index (χ2v) is 9.85. The number of aryl methyl sites for hydroxylation is 1. The second-order valence-electron chi connectivity index (χ2n) is 8.08. The van der Waals surface area contributed by atoms with Gasteiger partial charge in [-0.05, 0) is 56.4 Å².